The highest BCUT2D eigenvalue weighted by molar-refractivity contribution is 4.94. The average Bonchev–Trinajstić information content (AvgIpc) is 2.32. The van der Waals surface area contributed by atoms with Gasteiger partial charge in [0.25, 0.3) is 0 Å². The van der Waals surface area contributed by atoms with Crippen LogP contribution in [0.5, 0.6) is 0 Å². The van der Waals surface area contributed by atoms with Gasteiger partial charge in [0.2, 0.25) is 0 Å². The van der Waals surface area contributed by atoms with Gasteiger partial charge in [-0.2, -0.15) is 0 Å². The Morgan fingerprint density at radius 1 is 1.15 bits per heavy atom. The minimum atomic E-state index is -0.516. The lowest BCUT2D eigenvalue weighted by atomic mass is 9.81. The maximum absolute atomic E-state index is 10.4. The molecule has 2 aliphatic carbocycles. The van der Waals surface area contributed by atoms with E-state index < -0.39 is 5.60 Å². The SMILES string of the molecule is NCC1(O)CC2CCCC1CCC2. The molecular formula is C11H21NO. The number of fused-ring (bicyclic) bond motifs is 3. The van der Waals surface area contributed by atoms with Gasteiger partial charge in [-0.3, -0.25) is 0 Å². The quantitative estimate of drug-likeness (QED) is 0.649. The van der Waals surface area contributed by atoms with E-state index >= 15 is 0 Å². The minimum absolute atomic E-state index is 0.466. The van der Waals surface area contributed by atoms with Gasteiger partial charge in [-0.05, 0) is 31.1 Å². The van der Waals surface area contributed by atoms with E-state index in [1.54, 1.807) is 0 Å². The number of hydrogen-bond acceptors (Lipinski definition) is 2. The van der Waals surface area contributed by atoms with Crippen LogP contribution in [0.1, 0.15) is 44.9 Å². The summed E-state index contributed by atoms with van der Waals surface area (Å²) in [4.78, 5) is 0. The molecule has 0 heterocycles. The van der Waals surface area contributed by atoms with Crippen LogP contribution >= 0.6 is 0 Å². The van der Waals surface area contributed by atoms with Crippen molar-refractivity contribution in [2.24, 2.45) is 17.6 Å². The standard InChI is InChI=1S/C11H21NO/c12-8-11(13)7-9-3-1-5-10(11)6-2-4-9/h9-10,13H,1-8,12H2. The van der Waals surface area contributed by atoms with Crippen LogP contribution in [-0.2, 0) is 0 Å². The van der Waals surface area contributed by atoms with E-state index in [9.17, 15) is 5.11 Å². The Labute approximate surface area is 80.5 Å². The zero-order chi connectivity index (χ0) is 9.31. The highest BCUT2D eigenvalue weighted by atomic mass is 16.3. The van der Waals surface area contributed by atoms with Gasteiger partial charge in [0.1, 0.15) is 0 Å². The lowest BCUT2D eigenvalue weighted by molar-refractivity contribution is -0.0204. The highest BCUT2D eigenvalue weighted by Crippen LogP contribution is 2.42. The first-order valence-corrected chi connectivity index (χ1v) is 5.67. The lowest BCUT2D eigenvalue weighted by Crippen LogP contribution is -2.44. The topological polar surface area (TPSA) is 46.2 Å². The molecule has 1 unspecified atom stereocenters. The molecule has 3 N–H and O–H groups in total. The maximum atomic E-state index is 10.4. The van der Waals surface area contributed by atoms with Crippen LogP contribution in [0.2, 0.25) is 0 Å². The zero-order valence-electron chi connectivity index (χ0n) is 8.34. The van der Waals surface area contributed by atoms with Crippen LogP contribution in [0, 0.1) is 11.8 Å². The third-order valence-electron chi connectivity index (χ3n) is 4.09. The Bertz CT molecular complexity index is 173. The van der Waals surface area contributed by atoms with E-state index in [1.807, 2.05) is 0 Å². The number of nitrogens with two attached hydrogens (primary N) is 1. The van der Waals surface area contributed by atoms with E-state index in [4.69, 9.17) is 5.73 Å². The van der Waals surface area contributed by atoms with Crippen molar-refractivity contribution >= 4 is 0 Å². The fourth-order valence-corrected chi connectivity index (χ4v) is 3.25. The molecule has 76 valence electrons. The Hall–Kier alpha value is -0.0800. The summed E-state index contributed by atoms with van der Waals surface area (Å²) in [6.07, 6.45) is 8.61. The molecule has 2 aliphatic rings. The average molecular weight is 183 g/mol. The first-order valence-electron chi connectivity index (χ1n) is 5.67. The molecular weight excluding hydrogens is 162 g/mol. The Morgan fingerprint density at radius 2 is 1.77 bits per heavy atom. The van der Waals surface area contributed by atoms with Crippen LogP contribution in [0.15, 0.2) is 0 Å². The van der Waals surface area contributed by atoms with Gasteiger partial charge in [0.15, 0.2) is 0 Å². The predicted octanol–water partition coefficient (Wildman–Crippen LogP) is 1.67. The van der Waals surface area contributed by atoms with Gasteiger partial charge in [0, 0.05) is 6.54 Å². The van der Waals surface area contributed by atoms with Crippen molar-refractivity contribution in [3.63, 3.8) is 0 Å². The number of rotatable bonds is 1. The van der Waals surface area contributed by atoms with Crippen molar-refractivity contribution in [1.82, 2.24) is 0 Å². The molecule has 0 aromatic rings. The lowest BCUT2D eigenvalue weighted by Gasteiger charge is -2.33. The molecule has 0 saturated heterocycles. The van der Waals surface area contributed by atoms with E-state index in [0.29, 0.717) is 12.5 Å². The Morgan fingerprint density at radius 3 is 2.31 bits per heavy atom. The second kappa shape index (κ2) is 3.58. The molecule has 2 heteroatoms. The molecule has 2 nitrogen and oxygen atoms in total. The van der Waals surface area contributed by atoms with E-state index in [-0.39, 0.29) is 0 Å². The largest absolute Gasteiger partial charge is 0.388 e. The summed E-state index contributed by atoms with van der Waals surface area (Å²) < 4.78 is 0. The van der Waals surface area contributed by atoms with Crippen LogP contribution in [0.4, 0.5) is 0 Å². The second-order valence-electron chi connectivity index (χ2n) is 4.94. The zero-order valence-corrected chi connectivity index (χ0v) is 8.34. The van der Waals surface area contributed by atoms with Gasteiger partial charge in [-0.1, -0.05) is 25.7 Å². The van der Waals surface area contributed by atoms with E-state index in [1.165, 1.54) is 38.5 Å². The van der Waals surface area contributed by atoms with Gasteiger partial charge in [0.05, 0.1) is 5.60 Å². The monoisotopic (exact) mass is 183 g/mol. The first-order chi connectivity index (χ1) is 6.24. The van der Waals surface area contributed by atoms with Crippen molar-refractivity contribution in [2.75, 3.05) is 6.54 Å². The smallest absolute Gasteiger partial charge is 0.0800 e. The van der Waals surface area contributed by atoms with Gasteiger partial charge >= 0.3 is 0 Å². The number of aliphatic hydroxyl groups is 1. The molecule has 2 fully saturated rings. The fourth-order valence-electron chi connectivity index (χ4n) is 3.25. The Balaban J connectivity index is 2.18. The van der Waals surface area contributed by atoms with Gasteiger partial charge in [-0.15, -0.1) is 0 Å². The molecule has 1 atom stereocenters. The van der Waals surface area contributed by atoms with Crippen LogP contribution in [0.3, 0.4) is 0 Å². The van der Waals surface area contributed by atoms with Crippen molar-refractivity contribution in [2.45, 2.75) is 50.5 Å². The molecule has 0 aromatic carbocycles. The van der Waals surface area contributed by atoms with E-state index in [2.05, 4.69) is 0 Å². The molecule has 2 saturated carbocycles. The van der Waals surface area contributed by atoms with Crippen molar-refractivity contribution < 1.29 is 5.11 Å². The van der Waals surface area contributed by atoms with Crippen LogP contribution in [0.25, 0.3) is 0 Å². The molecule has 0 radical (unpaired) electrons. The minimum Gasteiger partial charge on any atom is -0.388 e. The summed E-state index contributed by atoms with van der Waals surface area (Å²) in [5.74, 6) is 1.24. The fraction of sp³-hybridized carbons (Fsp3) is 1.00. The molecule has 13 heavy (non-hydrogen) atoms. The van der Waals surface area contributed by atoms with E-state index in [0.717, 1.165) is 12.3 Å². The molecule has 0 spiro atoms. The Kier molecular flexibility index (Phi) is 2.61. The van der Waals surface area contributed by atoms with Crippen LogP contribution in [-0.4, -0.2) is 17.3 Å². The van der Waals surface area contributed by atoms with Crippen molar-refractivity contribution in [1.29, 1.82) is 0 Å². The van der Waals surface area contributed by atoms with Crippen molar-refractivity contribution in [3.8, 4) is 0 Å². The van der Waals surface area contributed by atoms with Crippen LogP contribution < -0.4 is 5.73 Å². The summed E-state index contributed by atoms with van der Waals surface area (Å²) in [6.45, 7) is 0.466. The third-order valence-corrected chi connectivity index (χ3v) is 4.09. The summed E-state index contributed by atoms with van der Waals surface area (Å²) in [5.41, 5.74) is 5.20. The normalized spacial score (nSPS) is 45.7. The predicted molar refractivity (Wildman–Crippen MR) is 53.3 cm³/mol. The molecule has 2 rings (SSSR count). The third kappa shape index (κ3) is 1.75. The second-order valence-corrected chi connectivity index (χ2v) is 4.94. The van der Waals surface area contributed by atoms with Gasteiger partial charge < -0.3 is 10.8 Å². The summed E-state index contributed by atoms with van der Waals surface area (Å²) in [7, 11) is 0. The summed E-state index contributed by atoms with van der Waals surface area (Å²) >= 11 is 0. The maximum Gasteiger partial charge on any atom is 0.0800 e. The molecule has 2 bridgehead atoms. The molecule has 0 aliphatic heterocycles. The van der Waals surface area contributed by atoms with Crippen molar-refractivity contribution in [3.05, 3.63) is 0 Å². The highest BCUT2D eigenvalue weighted by Gasteiger charge is 2.40. The molecule has 0 aromatic heterocycles. The molecule has 0 amide bonds. The van der Waals surface area contributed by atoms with Gasteiger partial charge in [-0.25, -0.2) is 0 Å². The summed E-state index contributed by atoms with van der Waals surface area (Å²) in [5, 5.41) is 10.4. The summed E-state index contributed by atoms with van der Waals surface area (Å²) in [6, 6.07) is 0. The first kappa shape index (κ1) is 9.47. The number of hydrogen-bond donors (Lipinski definition) is 2.